The number of pyridine rings is 1. The maximum absolute atomic E-state index is 12.7. The Labute approximate surface area is 108 Å². The second-order valence-corrected chi connectivity index (χ2v) is 4.49. The first kappa shape index (κ1) is 12.2. The number of hydrogen-bond acceptors (Lipinski definition) is 2. The minimum Gasteiger partial charge on any atom is -0.307 e. The molecule has 0 radical (unpaired) electrons. The summed E-state index contributed by atoms with van der Waals surface area (Å²) >= 11 is 3.33. The predicted octanol–water partition coefficient (Wildman–Crippen LogP) is 3.27. The number of rotatable bonds is 4. The summed E-state index contributed by atoms with van der Waals surface area (Å²) < 4.78 is 13.5. The third-order valence-electron chi connectivity index (χ3n) is 2.32. The van der Waals surface area contributed by atoms with Crippen LogP contribution in [0.25, 0.3) is 0 Å². The minimum absolute atomic E-state index is 0.206. The van der Waals surface area contributed by atoms with Gasteiger partial charge in [0.15, 0.2) is 0 Å². The lowest BCUT2D eigenvalue weighted by Gasteiger charge is -2.04. The Morgan fingerprint density at radius 2 is 1.82 bits per heavy atom. The fraction of sp³-hybridized carbons (Fsp3) is 0.154. The topological polar surface area (TPSA) is 24.9 Å². The van der Waals surface area contributed by atoms with E-state index < -0.39 is 0 Å². The van der Waals surface area contributed by atoms with E-state index in [4.69, 9.17) is 0 Å². The molecular formula is C13H12BrFN2. The van der Waals surface area contributed by atoms with E-state index in [-0.39, 0.29) is 5.82 Å². The minimum atomic E-state index is -0.206. The van der Waals surface area contributed by atoms with Crippen LogP contribution >= 0.6 is 15.9 Å². The highest BCUT2D eigenvalue weighted by Crippen LogP contribution is 2.06. The highest BCUT2D eigenvalue weighted by atomic mass is 79.9. The molecule has 17 heavy (non-hydrogen) atoms. The summed E-state index contributed by atoms with van der Waals surface area (Å²) in [5.74, 6) is -0.206. The highest BCUT2D eigenvalue weighted by Gasteiger charge is 1.97. The van der Waals surface area contributed by atoms with Gasteiger partial charge < -0.3 is 5.32 Å². The summed E-state index contributed by atoms with van der Waals surface area (Å²) in [5, 5.41) is 3.26. The first-order valence-electron chi connectivity index (χ1n) is 5.30. The Hall–Kier alpha value is -1.26. The number of benzene rings is 1. The van der Waals surface area contributed by atoms with Gasteiger partial charge in [0.1, 0.15) is 10.4 Å². The van der Waals surface area contributed by atoms with E-state index in [1.165, 1.54) is 12.1 Å². The number of nitrogens with one attached hydrogen (secondary N) is 1. The van der Waals surface area contributed by atoms with E-state index in [0.717, 1.165) is 15.9 Å². The Morgan fingerprint density at radius 1 is 1.06 bits per heavy atom. The molecule has 2 rings (SSSR count). The van der Waals surface area contributed by atoms with E-state index in [9.17, 15) is 4.39 Å². The molecule has 1 N–H and O–H groups in total. The van der Waals surface area contributed by atoms with E-state index in [2.05, 4.69) is 26.2 Å². The standard InChI is InChI=1S/C13H12BrFN2/c14-13-3-1-2-12(17-13)9-16-8-10-4-6-11(15)7-5-10/h1-7,16H,8-9H2. The van der Waals surface area contributed by atoms with Gasteiger partial charge in [-0.2, -0.15) is 0 Å². The van der Waals surface area contributed by atoms with Crippen molar-refractivity contribution in [2.24, 2.45) is 0 Å². The van der Waals surface area contributed by atoms with Crippen LogP contribution in [0.1, 0.15) is 11.3 Å². The second-order valence-electron chi connectivity index (χ2n) is 3.68. The van der Waals surface area contributed by atoms with Crippen molar-refractivity contribution in [2.45, 2.75) is 13.1 Å². The lowest BCUT2D eigenvalue weighted by atomic mass is 10.2. The Bertz CT molecular complexity index is 485. The Balaban J connectivity index is 1.85. The average molecular weight is 295 g/mol. The normalized spacial score (nSPS) is 10.5. The van der Waals surface area contributed by atoms with Gasteiger partial charge in [-0.1, -0.05) is 18.2 Å². The van der Waals surface area contributed by atoms with Crippen LogP contribution in [0.2, 0.25) is 0 Å². The van der Waals surface area contributed by atoms with E-state index >= 15 is 0 Å². The SMILES string of the molecule is Fc1ccc(CNCc2cccc(Br)n2)cc1. The van der Waals surface area contributed by atoms with Crippen LogP contribution in [-0.2, 0) is 13.1 Å². The van der Waals surface area contributed by atoms with Crippen molar-refractivity contribution in [3.8, 4) is 0 Å². The summed E-state index contributed by atoms with van der Waals surface area (Å²) in [7, 11) is 0. The van der Waals surface area contributed by atoms with Gasteiger partial charge in [0, 0.05) is 13.1 Å². The van der Waals surface area contributed by atoms with E-state index in [1.54, 1.807) is 12.1 Å². The molecule has 88 valence electrons. The summed E-state index contributed by atoms with van der Waals surface area (Å²) in [6.07, 6.45) is 0. The maximum atomic E-state index is 12.7. The molecule has 1 aromatic heterocycles. The molecule has 1 heterocycles. The first-order valence-corrected chi connectivity index (χ1v) is 6.10. The zero-order valence-electron chi connectivity index (χ0n) is 9.16. The van der Waals surface area contributed by atoms with Gasteiger partial charge in [-0.25, -0.2) is 9.37 Å². The van der Waals surface area contributed by atoms with Crippen LogP contribution in [0.4, 0.5) is 4.39 Å². The first-order chi connectivity index (χ1) is 8.24. The van der Waals surface area contributed by atoms with Gasteiger partial charge in [-0.05, 0) is 45.8 Å². The molecule has 0 bridgehead atoms. The molecule has 0 unspecified atom stereocenters. The van der Waals surface area contributed by atoms with Crippen molar-refractivity contribution in [1.82, 2.24) is 10.3 Å². The maximum Gasteiger partial charge on any atom is 0.123 e. The number of hydrogen-bond donors (Lipinski definition) is 1. The number of aromatic nitrogens is 1. The van der Waals surface area contributed by atoms with Crippen molar-refractivity contribution in [3.63, 3.8) is 0 Å². The number of nitrogens with zero attached hydrogens (tertiary/aromatic N) is 1. The van der Waals surface area contributed by atoms with Crippen LogP contribution in [0, 0.1) is 5.82 Å². The van der Waals surface area contributed by atoms with E-state index in [1.807, 2.05) is 18.2 Å². The molecule has 4 heteroatoms. The number of halogens is 2. The molecule has 2 aromatic rings. The molecule has 1 aromatic carbocycles. The highest BCUT2D eigenvalue weighted by molar-refractivity contribution is 9.10. The van der Waals surface area contributed by atoms with Gasteiger partial charge in [0.25, 0.3) is 0 Å². The molecule has 0 spiro atoms. The summed E-state index contributed by atoms with van der Waals surface area (Å²) in [6.45, 7) is 1.39. The third-order valence-corrected chi connectivity index (χ3v) is 2.76. The Kier molecular flexibility index (Phi) is 4.23. The molecule has 0 aliphatic heterocycles. The fourth-order valence-corrected chi connectivity index (χ4v) is 1.87. The van der Waals surface area contributed by atoms with Gasteiger partial charge >= 0.3 is 0 Å². The third kappa shape index (κ3) is 3.91. The lowest BCUT2D eigenvalue weighted by molar-refractivity contribution is 0.624. The van der Waals surface area contributed by atoms with Gasteiger partial charge in [-0.3, -0.25) is 0 Å². The van der Waals surface area contributed by atoms with Crippen molar-refractivity contribution in [2.75, 3.05) is 0 Å². The molecule has 2 nitrogen and oxygen atoms in total. The molecule has 0 saturated heterocycles. The van der Waals surface area contributed by atoms with Crippen molar-refractivity contribution < 1.29 is 4.39 Å². The van der Waals surface area contributed by atoms with Crippen LogP contribution < -0.4 is 5.32 Å². The quantitative estimate of drug-likeness (QED) is 0.876. The van der Waals surface area contributed by atoms with E-state index in [0.29, 0.717) is 13.1 Å². The van der Waals surface area contributed by atoms with Crippen molar-refractivity contribution in [1.29, 1.82) is 0 Å². The molecule has 0 aliphatic carbocycles. The molecule has 0 amide bonds. The summed E-state index contributed by atoms with van der Waals surface area (Å²) in [5.41, 5.74) is 2.03. The lowest BCUT2D eigenvalue weighted by Crippen LogP contribution is -2.13. The largest absolute Gasteiger partial charge is 0.307 e. The summed E-state index contributed by atoms with van der Waals surface area (Å²) in [6, 6.07) is 12.3. The van der Waals surface area contributed by atoms with Gasteiger partial charge in [0.2, 0.25) is 0 Å². The average Bonchev–Trinajstić information content (AvgIpc) is 2.32. The van der Waals surface area contributed by atoms with Gasteiger partial charge in [-0.15, -0.1) is 0 Å². The van der Waals surface area contributed by atoms with Crippen molar-refractivity contribution >= 4 is 15.9 Å². The smallest absolute Gasteiger partial charge is 0.123 e. The zero-order chi connectivity index (χ0) is 12.1. The molecule has 0 aliphatic rings. The molecule has 0 fully saturated rings. The molecule has 0 saturated carbocycles. The van der Waals surface area contributed by atoms with Crippen molar-refractivity contribution in [3.05, 3.63) is 64.1 Å². The van der Waals surface area contributed by atoms with Crippen LogP contribution in [0.3, 0.4) is 0 Å². The predicted molar refractivity (Wildman–Crippen MR) is 68.9 cm³/mol. The Morgan fingerprint density at radius 3 is 2.53 bits per heavy atom. The monoisotopic (exact) mass is 294 g/mol. The van der Waals surface area contributed by atoms with Crippen LogP contribution in [0.5, 0.6) is 0 Å². The molecular weight excluding hydrogens is 283 g/mol. The molecule has 0 atom stereocenters. The summed E-state index contributed by atoms with van der Waals surface area (Å²) in [4.78, 5) is 4.31. The van der Waals surface area contributed by atoms with Gasteiger partial charge in [0.05, 0.1) is 5.69 Å². The zero-order valence-corrected chi connectivity index (χ0v) is 10.7. The van der Waals surface area contributed by atoms with Crippen LogP contribution in [-0.4, -0.2) is 4.98 Å². The fourth-order valence-electron chi connectivity index (χ4n) is 1.49. The van der Waals surface area contributed by atoms with Crippen LogP contribution in [0.15, 0.2) is 47.1 Å². The second kappa shape index (κ2) is 5.89.